The lowest BCUT2D eigenvalue weighted by molar-refractivity contribution is -0.118. The molecule has 1 aliphatic rings. The molecule has 0 aromatic carbocycles. The van der Waals surface area contributed by atoms with E-state index in [4.69, 9.17) is 5.73 Å². The normalized spacial score (nSPS) is 14.5. The minimum atomic E-state index is -0.378. The first-order chi connectivity index (χ1) is 7.98. The van der Waals surface area contributed by atoms with Gasteiger partial charge in [0.1, 0.15) is 12.1 Å². The van der Waals surface area contributed by atoms with Crippen LogP contribution in [0.15, 0.2) is 6.33 Å². The van der Waals surface area contributed by atoms with Crippen molar-refractivity contribution >= 4 is 11.7 Å². The van der Waals surface area contributed by atoms with Crippen LogP contribution in [0.3, 0.4) is 0 Å². The van der Waals surface area contributed by atoms with Crippen molar-refractivity contribution in [2.24, 2.45) is 5.73 Å². The quantitative estimate of drug-likeness (QED) is 0.815. The molecule has 0 spiro atoms. The van der Waals surface area contributed by atoms with E-state index >= 15 is 0 Å². The average molecular weight is 234 g/mol. The zero-order chi connectivity index (χ0) is 12.5. The lowest BCUT2D eigenvalue weighted by Gasteiger charge is -2.26. The van der Waals surface area contributed by atoms with Gasteiger partial charge >= 0.3 is 0 Å². The number of aryl methyl sites for hydroxylation is 1. The van der Waals surface area contributed by atoms with Crippen molar-refractivity contribution in [3.63, 3.8) is 0 Å². The van der Waals surface area contributed by atoms with Crippen molar-refractivity contribution < 1.29 is 4.79 Å². The first-order valence-electron chi connectivity index (χ1n) is 5.87. The van der Waals surface area contributed by atoms with Crippen LogP contribution in [0.5, 0.6) is 0 Å². The highest BCUT2D eigenvalue weighted by Gasteiger charge is 2.24. The summed E-state index contributed by atoms with van der Waals surface area (Å²) < 4.78 is 0. The Kier molecular flexibility index (Phi) is 3.00. The van der Waals surface area contributed by atoms with Gasteiger partial charge in [0.25, 0.3) is 0 Å². The van der Waals surface area contributed by atoms with Crippen molar-refractivity contribution in [3.05, 3.63) is 17.6 Å². The Labute approximate surface area is 101 Å². The molecule has 1 aliphatic carbocycles. The van der Waals surface area contributed by atoms with Gasteiger partial charge in [-0.25, -0.2) is 9.97 Å². The molecule has 0 radical (unpaired) electrons. The third kappa shape index (κ3) is 2.72. The molecule has 1 aromatic heterocycles. The topological polar surface area (TPSA) is 80.9 Å². The average Bonchev–Trinajstić information content (AvgIpc) is 2.63. The molecular weight excluding hydrogens is 216 g/mol. The van der Waals surface area contributed by atoms with E-state index in [-0.39, 0.29) is 17.9 Å². The Morgan fingerprint density at radius 1 is 1.47 bits per heavy atom. The summed E-state index contributed by atoms with van der Waals surface area (Å²) in [6, 6.07) is 0. The zero-order valence-corrected chi connectivity index (χ0v) is 10.3. The molecular formula is C12H18N4O. The molecule has 0 saturated carbocycles. The predicted molar refractivity (Wildman–Crippen MR) is 65.6 cm³/mol. The number of hydrogen-bond acceptors (Lipinski definition) is 4. The fraction of sp³-hybridized carbons (Fsp3) is 0.583. The van der Waals surface area contributed by atoms with Crippen LogP contribution >= 0.6 is 0 Å². The molecule has 1 amide bonds. The molecule has 1 aromatic rings. The largest absolute Gasteiger partial charge is 0.370 e. The highest BCUT2D eigenvalue weighted by molar-refractivity contribution is 5.75. The van der Waals surface area contributed by atoms with Crippen LogP contribution in [-0.4, -0.2) is 21.4 Å². The van der Waals surface area contributed by atoms with E-state index in [2.05, 4.69) is 15.3 Å². The van der Waals surface area contributed by atoms with Crippen molar-refractivity contribution in [1.29, 1.82) is 0 Å². The van der Waals surface area contributed by atoms with Crippen LogP contribution in [0.25, 0.3) is 0 Å². The highest BCUT2D eigenvalue weighted by atomic mass is 16.1. The number of hydrogen-bond donors (Lipinski definition) is 2. The second kappa shape index (κ2) is 4.31. The summed E-state index contributed by atoms with van der Waals surface area (Å²) >= 11 is 0. The molecule has 0 atom stereocenters. The maximum absolute atomic E-state index is 11.0. The van der Waals surface area contributed by atoms with Gasteiger partial charge in [-0.1, -0.05) is 0 Å². The number of carbonyl (C=O) groups is 1. The number of carbonyl (C=O) groups excluding carboxylic acids is 1. The van der Waals surface area contributed by atoms with Crippen LogP contribution in [0.1, 0.15) is 37.9 Å². The van der Waals surface area contributed by atoms with Gasteiger partial charge in [0.05, 0.1) is 0 Å². The highest BCUT2D eigenvalue weighted by Crippen LogP contribution is 2.27. The van der Waals surface area contributed by atoms with Gasteiger partial charge in [0, 0.05) is 23.2 Å². The van der Waals surface area contributed by atoms with E-state index < -0.39 is 0 Å². The summed E-state index contributed by atoms with van der Waals surface area (Å²) in [4.78, 5) is 19.5. The second-order valence-corrected chi connectivity index (χ2v) is 5.15. The molecule has 1 heterocycles. The van der Waals surface area contributed by atoms with Crippen molar-refractivity contribution in [3.8, 4) is 0 Å². The van der Waals surface area contributed by atoms with Crippen LogP contribution < -0.4 is 11.1 Å². The number of amides is 1. The molecule has 0 aliphatic heterocycles. The zero-order valence-electron chi connectivity index (χ0n) is 10.3. The summed E-state index contributed by atoms with van der Waals surface area (Å²) in [6.07, 6.45) is 5.01. The molecule has 17 heavy (non-hydrogen) atoms. The molecule has 2 rings (SSSR count). The first kappa shape index (κ1) is 11.8. The van der Waals surface area contributed by atoms with Gasteiger partial charge in [-0.15, -0.1) is 0 Å². The van der Waals surface area contributed by atoms with Gasteiger partial charge in [-0.05, 0) is 33.1 Å². The van der Waals surface area contributed by atoms with Crippen molar-refractivity contribution in [2.45, 2.75) is 45.1 Å². The molecule has 0 bridgehead atoms. The predicted octanol–water partition coefficient (Wildman–Crippen LogP) is 1.03. The molecule has 0 unspecified atom stereocenters. The number of aromatic nitrogens is 2. The Morgan fingerprint density at radius 2 is 2.24 bits per heavy atom. The number of fused-ring (bicyclic) bond motifs is 1. The number of anilines is 1. The summed E-state index contributed by atoms with van der Waals surface area (Å²) in [5, 5.41) is 3.30. The van der Waals surface area contributed by atoms with E-state index in [0.717, 1.165) is 30.8 Å². The Hall–Kier alpha value is -1.65. The molecule has 0 fully saturated rings. The fourth-order valence-electron chi connectivity index (χ4n) is 2.27. The van der Waals surface area contributed by atoms with E-state index in [1.165, 1.54) is 5.56 Å². The van der Waals surface area contributed by atoms with Crippen LogP contribution in [0, 0.1) is 0 Å². The third-order valence-electron chi connectivity index (χ3n) is 2.95. The Morgan fingerprint density at radius 3 is 2.94 bits per heavy atom. The number of primary amides is 1. The summed E-state index contributed by atoms with van der Waals surface area (Å²) in [5.41, 5.74) is 7.16. The fourth-order valence-corrected chi connectivity index (χ4v) is 2.27. The number of nitrogens with two attached hydrogens (primary N) is 1. The van der Waals surface area contributed by atoms with Gasteiger partial charge in [-0.2, -0.15) is 0 Å². The van der Waals surface area contributed by atoms with Crippen LogP contribution in [0.4, 0.5) is 5.82 Å². The number of nitrogens with zero attached hydrogens (tertiary/aromatic N) is 2. The van der Waals surface area contributed by atoms with E-state index in [1.807, 2.05) is 13.8 Å². The van der Waals surface area contributed by atoms with Crippen molar-refractivity contribution in [1.82, 2.24) is 9.97 Å². The Balaban J connectivity index is 2.19. The SMILES string of the molecule is CC(C)(CC(N)=O)Nc1ncnc2c1CCC2. The van der Waals surface area contributed by atoms with Gasteiger partial charge in [-0.3, -0.25) is 4.79 Å². The van der Waals surface area contributed by atoms with Gasteiger partial charge in [0.2, 0.25) is 5.91 Å². The maximum atomic E-state index is 11.0. The number of rotatable bonds is 4. The second-order valence-electron chi connectivity index (χ2n) is 5.15. The first-order valence-corrected chi connectivity index (χ1v) is 5.87. The van der Waals surface area contributed by atoms with E-state index in [1.54, 1.807) is 6.33 Å². The summed E-state index contributed by atoms with van der Waals surface area (Å²) in [6.45, 7) is 3.89. The monoisotopic (exact) mass is 234 g/mol. The van der Waals surface area contributed by atoms with Gasteiger partial charge in [0.15, 0.2) is 0 Å². The van der Waals surface area contributed by atoms with Crippen molar-refractivity contribution in [2.75, 3.05) is 5.32 Å². The maximum Gasteiger partial charge on any atom is 0.219 e. The van der Waals surface area contributed by atoms with E-state index in [0.29, 0.717) is 0 Å². The molecule has 92 valence electrons. The standard InChI is InChI=1S/C12H18N4O/c1-12(2,6-10(13)17)16-11-8-4-3-5-9(8)14-7-15-11/h7H,3-6H2,1-2H3,(H2,13,17)(H,14,15,16). The lowest BCUT2D eigenvalue weighted by atomic mass is 10.00. The third-order valence-corrected chi connectivity index (χ3v) is 2.95. The lowest BCUT2D eigenvalue weighted by Crippen LogP contribution is -2.36. The minimum Gasteiger partial charge on any atom is -0.370 e. The molecule has 5 heteroatoms. The summed E-state index contributed by atoms with van der Waals surface area (Å²) in [5.74, 6) is 0.534. The summed E-state index contributed by atoms with van der Waals surface area (Å²) in [7, 11) is 0. The van der Waals surface area contributed by atoms with Crippen LogP contribution in [0.2, 0.25) is 0 Å². The van der Waals surface area contributed by atoms with Crippen LogP contribution in [-0.2, 0) is 17.6 Å². The minimum absolute atomic E-state index is 0.284. The molecule has 3 N–H and O–H groups in total. The molecule has 5 nitrogen and oxygen atoms in total. The van der Waals surface area contributed by atoms with Gasteiger partial charge < -0.3 is 11.1 Å². The Bertz CT molecular complexity index is 442. The number of nitrogens with one attached hydrogen (secondary N) is 1. The smallest absolute Gasteiger partial charge is 0.219 e. The van der Waals surface area contributed by atoms with E-state index in [9.17, 15) is 4.79 Å². The molecule has 0 saturated heterocycles.